The Morgan fingerprint density at radius 2 is 2.03 bits per heavy atom. The highest BCUT2D eigenvalue weighted by atomic mass is 32.2. The minimum absolute atomic E-state index is 0.234. The minimum atomic E-state index is -0.473. The van der Waals surface area contributed by atoms with E-state index in [0.717, 1.165) is 11.1 Å². The minimum Gasteiger partial charge on any atom is -0.336 e. The molecule has 2 aromatic heterocycles. The number of carbonyl (C=O) groups excluding carboxylic acids is 2. The first kappa shape index (κ1) is 19.1. The lowest BCUT2D eigenvalue weighted by molar-refractivity contribution is -0.126. The summed E-state index contributed by atoms with van der Waals surface area (Å²) in [5.74, 6) is 0.449. The summed E-state index contributed by atoms with van der Waals surface area (Å²) < 4.78 is 1.98. The van der Waals surface area contributed by atoms with Crippen molar-refractivity contribution >= 4 is 23.7 Å². The fraction of sp³-hybridized carbons (Fsp3) is 0.250. The molecule has 29 heavy (non-hydrogen) atoms. The van der Waals surface area contributed by atoms with E-state index in [2.05, 4.69) is 20.5 Å². The molecule has 1 aromatic carbocycles. The Balaban J connectivity index is 1.63. The standard InChI is InChI=1S/C20H20N6O2S/c1-14(18(27)25-11-10-22-19(25)28)29-20-24-23-17(16-8-5-9-21-12-16)26(20)13-15-6-3-2-4-7-15/h2-9,12,14H,10-11,13H2,1H3,(H,22,28)/t14-/m1/s1. The molecule has 8 nitrogen and oxygen atoms in total. The third kappa shape index (κ3) is 4.14. The van der Waals surface area contributed by atoms with Gasteiger partial charge >= 0.3 is 6.03 Å². The average Bonchev–Trinajstić information content (AvgIpc) is 3.35. The Morgan fingerprint density at radius 1 is 1.21 bits per heavy atom. The SMILES string of the molecule is C[C@@H](Sc1nnc(-c2cccnc2)n1Cc1ccccc1)C(=O)N1CCNC1=O. The summed E-state index contributed by atoms with van der Waals surface area (Å²) >= 11 is 1.30. The van der Waals surface area contributed by atoms with E-state index in [1.54, 1.807) is 19.3 Å². The average molecular weight is 408 g/mol. The van der Waals surface area contributed by atoms with Crippen LogP contribution in [-0.4, -0.2) is 54.9 Å². The highest BCUT2D eigenvalue weighted by molar-refractivity contribution is 8.00. The lowest BCUT2D eigenvalue weighted by Crippen LogP contribution is -2.39. The van der Waals surface area contributed by atoms with Crippen LogP contribution >= 0.6 is 11.8 Å². The number of pyridine rings is 1. The molecule has 0 unspecified atom stereocenters. The number of thioether (sulfide) groups is 1. The number of urea groups is 1. The monoisotopic (exact) mass is 408 g/mol. The van der Waals surface area contributed by atoms with Crippen molar-refractivity contribution < 1.29 is 9.59 Å². The molecule has 3 heterocycles. The molecule has 1 aliphatic rings. The summed E-state index contributed by atoms with van der Waals surface area (Å²) in [6.07, 6.45) is 3.45. The van der Waals surface area contributed by atoms with Gasteiger partial charge < -0.3 is 5.32 Å². The largest absolute Gasteiger partial charge is 0.336 e. The quantitative estimate of drug-likeness (QED) is 0.630. The predicted molar refractivity (Wildman–Crippen MR) is 109 cm³/mol. The molecular formula is C20H20N6O2S. The maximum Gasteiger partial charge on any atom is 0.324 e. The molecule has 3 amide bonds. The van der Waals surface area contributed by atoms with Crippen molar-refractivity contribution in [3.8, 4) is 11.4 Å². The van der Waals surface area contributed by atoms with Gasteiger partial charge in [0.25, 0.3) is 0 Å². The van der Waals surface area contributed by atoms with E-state index in [0.29, 0.717) is 30.6 Å². The third-order valence-electron chi connectivity index (χ3n) is 4.57. The summed E-state index contributed by atoms with van der Waals surface area (Å²) in [5, 5.41) is 11.5. The van der Waals surface area contributed by atoms with Crippen LogP contribution in [0, 0.1) is 0 Å². The normalized spacial score (nSPS) is 14.7. The molecule has 0 radical (unpaired) electrons. The highest BCUT2D eigenvalue weighted by Crippen LogP contribution is 2.28. The van der Waals surface area contributed by atoms with Crippen molar-refractivity contribution in [3.05, 3.63) is 60.4 Å². The summed E-state index contributed by atoms with van der Waals surface area (Å²) in [6.45, 7) is 3.22. The first-order valence-corrected chi connectivity index (χ1v) is 10.1. The van der Waals surface area contributed by atoms with Crippen LogP contribution in [0.3, 0.4) is 0 Å². The zero-order chi connectivity index (χ0) is 20.2. The van der Waals surface area contributed by atoms with Crippen LogP contribution in [0.4, 0.5) is 4.79 Å². The van der Waals surface area contributed by atoms with E-state index in [1.165, 1.54) is 16.7 Å². The summed E-state index contributed by atoms with van der Waals surface area (Å²) in [5.41, 5.74) is 1.94. The molecule has 0 aliphatic carbocycles. The Labute approximate surface area is 172 Å². The van der Waals surface area contributed by atoms with Crippen molar-refractivity contribution in [3.63, 3.8) is 0 Å². The molecule has 9 heteroatoms. The molecule has 1 atom stereocenters. The fourth-order valence-corrected chi connectivity index (χ4v) is 4.01. The van der Waals surface area contributed by atoms with Gasteiger partial charge in [-0.05, 0) is 24.6 Å². The number of rotatable bonds is 6. The Morgan fingerprint density at radius 3 is 2.72 bits per heavy atom. The maximum atomic E-state index is 12.7. The van der Waals surface area contributed by atoms with Gasteiger partial charge in [0.1, 0.15) is 0 Å². The molecule has 148 valence electrons. The number of benzene rings is 1. The number of hydrogen-bond donors (Lipinski definition) is 1. The van der Waals surface area contributed by atoms with Crippen molar-refractivity contribution in [1.82, 2.24) is 30.0 Å². The first-order chi connectivity index (χ1) is 14.1. The second-order valence-electron chi connectivity index (χ2n) is 6.60. The third-order valence-corrected chi connectivity index (χ3v) is 5.64. The molecule has 0 saturated carbocycles. The van der Waals surface area contributed by atoms with Crippen LogP contribution in [0.5, 0.6) is 0 Å². The van der Waals surface area contributed by atoms with Crippen LogP contribution in [-0.2, 0) is 11.3 Å². The summed E-state index contributed by atoms with van der Waals surface area (Å²) in [6, 6.07) is 13.4. The number of hydrogen-bond acceptors (Lipinski definition) is 6. The number of aromatic nitrogens is 4. The highest BCUT2D eigenvalue weighted by Gasteiger charge is 2.31. The summed E-state index contributed by atoms with van der Waals surface area (Å²) in [7, 11) is 0. The molecule has 1 saturated heterocycles. The fourth-order valence-electron chi connectivity index (χ4n) is 3.10. The van der Waals surface area contributed by atoms with Crippen molar-refractivity contribution in [2.24, 2.45) is 0 Å². The van der Waals surface area contributed by atoms with Crippen LogP contribution in [0.15, 0.2) is 60.0 Å². The second-order valence-corrected chi connectivity index (χ2v) is 7.91. The summed E-state index contributed by atoms with van der Waals surface area (Å²) in [4.78, 5) is 29.9. The van der Waals surface area contributed by atoms with Gasteiger partial charge in [-0.15, -0.1) is 10.2 Å². The lowest BCUT2D eigenvalue weighted by Gasteiger charge is -2.17. The number of amides is 3. The van der Waals surface area contributed by atoms with Crippen LogP contribution in [0.25, 0.3) is 11.4 Å². The van der Waals surface area contributed by atoms with Gasteiger partial charge in [0.15, 0.2) is 11.0 Å². The zero-order valence-corrected chi connectivity index (χ0v) is 16.7. The Bertz CT molecular complexity index is 1010. The number of carbonyl (C=O) groups is 2. The van der Waals surface area contributed by atoms with Crippen LogP contribution in [0.2, 0.25) is 0 Å². The number of imide groups is 1. The van der Waals surface area contributed by atoms with Gasteiger partial charge in [0, 0.05) is 31.0 Å². The zero-order valence-electron chi connectivity index (χ0n) is 15.9. The molecular weight excluding hydrogens is 388 g/mol. The van der Waals surface area contributed by atoms with Gasteiger partial charge in [0.2, 0.25) is 5.91 Å². The van der Waals surface area contributed by atoms with E-state index >= 15 is 0 Å². The molecule has 1 aliphatic heterocycles. The first-order valence-electron chi connectivity index (χ1n) is 9.27. The Kier molecular flexibility index (Phi) is 5.57. The Hall–Kier alpha value is -3.20. The molecule has 0 bridgehead atoms. The van der Waals surface area contributed by atoms with E-state index in [1.807, 2.05) is 47.0 Å². The molecule has 4 rings (SSSR count). The van der Waals surface area contributed by atoms with E-state index < -0.39 is 5.25 Å². The van der Waals surface area contributed by atoms with Gasteiger partial charge in [-0.25, -0.2) is 4.79 Å². The van der Waals surface area contributed by atoms with Gasteiger partial charge in [-0.3, -0.25) is 19.2 Å². The van der Waals surface area contributed by atoms with Crippen molar-refractivity contribution in [1.29, 1.82) is 0 Å². The van der Waals surface area contributed by atoms with Gasteiger partial charge in [-0.1, -0.05) is 42.1 Å². The molecule has 1 N–H and O–H groups in total. The van der Waals surface area contributed by atoms with Gasteiger partial charge in [-0.2, -0.15) is 0 Å². The molecule has 1 fully saturated rings. The van der Waals surface area contributed by atoms with E-state index in [4.69, 9.17) is 0 Å². The van der Waals surface area contributed by atoms with E-state index in [9.17, 15) is 9.59 Å². The molecule has 0 spiro atoms. The second kappa shape index (κ2) is 8.44. The number of nitrogens with zero attached hydrogens (tertiary/aromatic N) is 5. The smallest absolute Gasteiger partial charge is 0.324 e. The maximum absolute atomic E-state index is 12.7. The number of nitrogens with one attached hydrogen (secondary N) is 1. The van der Waals surface area contributed by atoms with Crippen molar-refractivity contribution in [2.75, 3.05) is 13.1 Å². The topological polar surface area (TPSA) is 93.0 Å². The van der Waals surface area contributed by atoms with E-state index in [-0.39, 0.29) is 11.9 Å². The van der Waals surface area contributed by atoms with Crippen LogP contribution in [0.1, 0.15) is 12.5 Å². The lowest BCUT2D eigenvalue weighted by atomic mass is 10.2. The predicted octanol–water partition coefficient (Wildman–Crippen LogP) is 2.42. The van der Waals surface area contributed by atoms with Crippen molar-refractivity contribution in [2.45, 2.75) is 23.9 Å². The van der Waals surface area contributed by atoms with Crippen LogP contribution < -0.4 is 5.32 Å². The van der Waals surface area contributed by atoms with Gasteiger partial charge in [0.05, 0.1) is 11.8 Å². The molecule has 3 aromatic rings.